The lowest BCUT2D eigenvalue weighted by Crippen LogP contribution is -2.57. The first kappa shape index (κ1) is 16.0. The van der Waals surface area contributed by atoms with Crippen molar-refractivity contribution >= 4 is 17.5 Å². The van der Waals surface area contributed by atoms with E-state index in [0.29, 0.717) is 36.9 Å². The zero-order chi connectivity index (χ0) is 17.1. The molecule has 0 amide bonds. The molecule has 24 heavy (non-hydrogen) atoms. The molecule has 4 aliphatic rings. The number of ether oxygens (including phenoxy) is 1. The molecular weight excluding hydrogens is 304 g/mol. The molecule has 3 saturated carbocycles. The minimum atomic E-state index is -0.588. The molecule has 0 radical (unpaired) electrons. The molecule has 0 aromatic carbocycles. The number of Topliss-reactive ketones (excluding diaryl/α,β-unsaturated/α-hetero) is 1. The normalized spacial score (nSPS) is 44.2. The number of carbonyl (C=O) groups is 3. The van der Waals surface area contributed by atoms with Crippen LogP contribution in [0.15, 0.2) is 11.6 Å². The third-order valence-corrected chi connectivity index (χ3v) is 7.44. The molecule has 0 aromatic rings. The highest BCUT2D eigenvalue weighted by Crippen LogP contribution is 2.62. The Morgan fingerprint density at radius 1 is 1.08 bits per heavy atom. The van der Waals surface area contributed by atoms with E-state index in [9.17, 15) is 14.4 Å². The van der Waals surface area contributed by atoms with Gasteiger partial charge in [0.05, 0.1) is 0 Å². The van der Waals surface area contributed by atoms with E-state index in [1.807, 2.05) is 0 Å². The molecule has 0 aromatic heterocycles. The van der Waals surface area contributed by atoms with Crippen molar-refractivity contribution in [2.45, 2.75) is 70.8 Å². The van der Waals surface area contributed by atoms with Crippen LogP contribution >= 0.6 is 0 Å². The molecule has 4 nitrogen and oxygen atoms in total. The second kappa shape index (κ2) is 5.27. The second-order valence-electron chi connectivity index (χ2n) is 8.45. The van der Waals surface area contributed by atoms with Gasteiger partial charge in [-0.25, -0.2) is 0 Å². The number of rotatable bonds is 1. The van der Waals surface area contributed by atoms with Crippen LogP contribution in [0, 0.1) is 23.2 Å². The molecule has 4 aliphatic carbocycles. The van der Waals surface area contributed by atoms with Crippen LogP contribution in [0.5, 0.6) is 0 Å². The lowest BCUT2D eigenvalue weighted by Gasteiger charge is -2.56. The third kappa shape index (κ3) is 2.07. The second-order valence-corrected chi connectivity index (χ2v) is 8.45. The Kier molecular flexibility index (Phi) is 3.52. The molecule has 0 spiro atoms. The Morgan fingerprint density at radius 3 is 2.62 bits per heavy atom. The van der Waals surface area contributed by atoms with Crippen LogP contribution in [0.4, 0.5) is 0 Å². The van der Waals surface area contributed by atoms with Crippen molar-refractivity contribution in [2.75, 3.05) is 0 Å². The van der Waals surface area contributed by atoms with E-state index in [1.165, 1.54) is 6.92 Å². The van der Waals surface area contributed by atoms with E-state index in [2.05, 4.69) is 6.92 Å². The molecule has 3 fully saturated rings. The maximum Gasteiger partial charge on any atom is 0.303 e. The molecule has 4 heteroatoms. The summed E-state index contributed by atoms with van der Waals surface area (Å²) in [5.74, 6) is 1.43. The lowest BCUT2D eigenvalue weighted by atomic mass is 9.50. The fourth-order valence-electron chi connectivity index (χ4n) is 6.38. The smallest absolute Gasteiger partial charge is 0.303 e. The Hall–Kier alpha value is -1.45. The average molecular weight is 330 g/mol. The van der Waals surface area contributed by atoms with Crippen LogP contribution in [0.1, 0.15) is 65.2 Å². The highest BCUT2D eigenvalue weighted by Gasteiger charge is 2.61. The topological polar surface area (TPSA) is 60.4 Å². The van der Waals surface area contributed by atoms with Crippen molar-refractivity contribution in [3.8, 4) is 0 Å². The predicted molar refractivity (Wildman–Crippen MR) is 88.1 cm³/mol. The van der Waals surface area contributed by atoms with Crippen LogP contribution in [-0.4, -0.2) is 23.1 Å². The summed E-state index contributed by atoms with van der Waals surface area (Å²) in [5, 5.41) is 0. The molecule has 0 N–H and O–H groups in total. The highest BCUT2D eigenvalue weighted by molar-refractivity contribution is 5.92. The number of fused-ring (bicyclic) bond motifs is 5. The van der Waals surface area contributed by atoms with E-state index in [1.54, 1.807) is 6.08 Å². The van der Waals surface area contributed by atoms with Crippen molar-refractivity contribution < 1.29 is 19.1 Å². The molecule has 130 valence electrons. The van der Waals surface area contributed by atoms with Gasteiger partial charge in [0.15, 0.2) is 5.78 Å². The van der Waals surface area contributed by atoms with Gasteiger partial charge < -0.3 is 4.74 Å². The summed E-state index contributed by atoms with van der Waals surface area (Å²) < 4.78 is 5.96. The SMILES string of the molecule is CC(=O)O[C@]12CCC(=O)C=C1CC[C@H]1[C@H]3CCC(=O)[C@]3(C)CC[C@@H]12. The summed E-state index contributed by atoms with van der Waals surface area (Å²) >= 11 is 0. The van der Waals surface area contributed by atoms with E-state index < -0.39 is 5.60 Å². The summed E-state index contributed by atoms with van der Waals surface area (Å²) in [6.45, 7) is 3.62. The predicted octanol–water partition coefficient (Wildman–Crippen LogP) is 3.38. The third-order valence-electron chi connectivity index (χ3n) is 7.44. The monoisotopic (exact) mass is 330 g/mol. The Morgan fingerprint density at radius 2 is 1.88 bits per heavy atom. The van der Waals surface area contributed by atoms with Crippen LogP contribution in [0.3, 0.4) is 0 Å². The Balaban J connectivity index is 1.74. The van der Waals surface area contributed by atoms with Crippen molar-refractivity contribution in [2.24, 2.45) is 23.2 Å². The molecule has 4 rings (SSSR count). The molecule has 5 atom stereocenters. The molecule has 0 unspecified atom stereocenters. The Labute approximate surface area is 143 Å². The van der Waals surface area contributed by atoms with E-state index in [-0.39, 0.29) is 23.1 Å². The first-order valence-electron chi connectivity index (χ1n) is 9.33. The van der Waals surface area contributed by atoms with Gasteiger partial charge in [0, 0.05) is 31.1 Å². The minimum absolute atomic E-state index is 0.155. The van der Waals surface area contributed by atoms with Crippen molar-refractivity contribution in [1.29, 1.82) is 0 Å². The summed E-state index contributed by atoms with van der Waals surface area (Å²) in [5.41, 5.74) is 0.267. The maximum absolute atomic E-state index is 12.4. The summed E-state index contributed by atoms with van der Waals surface area (Å²) in [7, 11) is 0. The first-order valence-corrected chi connectivity index (χ1v) is 9.33. The number of hydrogen-bond donors (Lipinski definition) is 0. The lowest BCUT2D eigenvalue weighted by molar-refractivity contribution is -0.175. The van der Waals surface area contributed by atoms with Gasteiger partial charge in [0.2, 0.25) is 0 Å². The number of ketones is 2. The van der Waals surface area contributed by atoms with Gasteiger partial charge in [-0.3, -0.25) is 14.4 Å². The van der Waals surface area contributed by atoms with E-state index >= 15 is 0 Å². The molecule has 0 aliphatic heterocycles. The molecule has 0 saturated heterocycles. The van der Waals surface area contributed by atoms with Gasteiger partial charge in [-0.05, 0) is 62.0 Å². The van der Waals surface area contributed by atoms with Gasteiger partial charge in [-0.15, -0.1) is 0 Å². The van der Waals surface area contributed by atoms with Gasteiger partial charge in [-0.1, -0.05) is 6.92 Å². The van der Waals surface area contributed by atoms with Crippen LogP contribution < -0.4 is 0 Å². The van der Waals surface area contributed by atoms with Crippen LogP contribution in [0.25, 0.3) is 0 Å². The Bertz CT molecular complexity index is 648. The van der Waals surface area contributed by atoms with Crippen LogP contribution in [0.2, 0.25) is 0 Å². The quantitative estimate of drug-likeness (QED) is 0.692. The largest absolute Gasteiger partial charge is 0.454 e. The molecule has 0 bridgehead atoms. The van der Waals surface area contributed by atoms with Crippen molar-refractivity contribution in [3.05, 3.63) is 11.6 Å². The summed E-state index contributed by atoms with van der Waals surface area (Å²) in [6, 6.07) is 0. The minimum Gasteiger partial charge on any atom is -0.454 e. The highest BCUT2D eigenvalue weighted by atomic mass is 16.6. The van der Waals surface area contributed by atoms with Crippen LogP contribution in [-0.2, 0) is 19.1 Å². The molecule has 0 heterocycles. The van der Waals surface area contributed by atoms with Crippen molar-refractivity contribution in [3.63, 3.8) is 0 Å². The number of esters is 1. The van der Waals surface area contributed by atoms with Gasteiger partial charge in [0.25, 0.3) is 0 Å². The van der Waals surface area contributed by atoms with E-state index in [4.69, 9.17) is 4.74 Å². The average Bonchev–Trinajstić information content (AvgIpc) is 2.83. The zero-order valence-electron chi connectivity index (χ0n) is 14.6. The van der Waals surface area contributed by atoms with Gasteiger partial charge in [0.1, 0.15) is 11.4 Å². The first-order chi connectivity index (χ1) is 11.4. The summed E-state index contributed by atoms with van der Waals surface area (Å²) in [6.07, 6.45) is 8.15. The maximum atomic E-state index is 12.4. The fourth-order valence-corrected chi connectivity index (χ4v) is 6.38. The van der Waals surface area contributed by atoms with Gasteiger partial charge >= 0.3 is 5.97 Å². The fraction of sp³-hybridized carbons (Fsp3) is 0.750. The van der Waals surface area contributed by atoms with Crippen molar-refractivity contribution in [1.82, 2.24) is 0 Å². The van der Waals surface area contributed by atoms with Gasteiger partial charge in [-0.2, -0.15) is 0 Å². The molecular formula is C20H26O4. The summed E-state index contributed by atoms with van der Waals surface area (Å²) in [4.78, 5) is 36.2. The number of hydrogen-bond acceptors (Lipinski definition) is 4. The zero-order valence-corrected chi connectivity index (χ0v) is 14.6. The van der Waals surface area contributed by atoms with E-state index in [0.717, 1.165) is 37.7 Å². The standard InChI is InChI=1S/C20H26O4/c1-12(21)24-20-10-7-14(22)11-13(20)3-4-15-16-5-6-18(23)19(16,2)9-8-17(15)20/h11,15-17H,3-10H2,1-2H3/t15-,16+,17-,19+,20+/m0/s1. The number of carbonyl (C=O) groups excluding carboxylic acids is 3.